The second kappa shape index (κ2) is 6.66. The minimum atomic E-state index is 0.690. The molecule has 1 unspecified atom stereocenters. The standard InChI is InChI=1S/C10H23N/c1-5-9(4)11-8-10(6-2)7-3/h9-11H,5-8H2,1-4H3. The number of hydrogen-bond acceptors (Lipinski definition) is 1. The Bertz CT molecular complexity index is 76.9. The third-order valence-electron chi connectivity index (χ3n) is 2.52. The summed E-state index contributed by atoms with van der Waals surface area (Å²) in [6.07, 6.45) is 3.85. The minimum Gasteiger partial charge on any atom is -0.314 e. The van der Waals surface area contributed by atoms with Crippen LogP contribution in [0.4, 0.5) is 0 Å². The smallest absolute Gasteiger partial charge is 0.00362 e. The Kier molecular flexibility index (Phi) is 6.63. The van der Waals surface area contributed by atoms with Gasteiger partial charge in [-0.15, -0.1) is 0 Å². The maximum absolute atomic E-state index is 3.53. The first kappa shape index (κ1) is 11.0. The number of hydrogen-bond donors (Lipinski definition) is 1. The monoisotopic (exact) mass is 157 g/mol. The summed E-state index contributed by atoms with van der Waals surface area (Å²) in [4.78, 5) is 0. The Hall–Kier alpha value is -0.0400. The molecule has 0 bridgehead atoms. The van der Waals surface area contributed by atoms with Crippen LogP contribution in [0.1, 0.15) is 47.0 Å². The molecule has 1 N–H and O–H groups in total. The van der Waals surface area contributed by atoms with E-state index in [1.54, 1.807) is 0 Å². The molecule has 0 aromatic carbocycles. The largest absolute Gasteiger partial charge is 0.314 e. The highest BCUT2D eigenvalue weighted by molar-refractivity contribution is 4.62. The molecule has 0 rings (SSSR count). The third-order valence-corrected chi connectivity index (χ3v) is 2.52. The molecule has 1 atom stereocenters. The van der Waals surface area contributed by atoms with Gasteiger partial charge in [-0.2, -0.15) is 0 Å². The average molecular weight is 157 g/mol. The summed E-state index contributed by atoms with van der Waals surface area (Å²) < 4.78 is 0. The fourth-order valence-corrected chi connectivity index (χ4v) is 1.09. The number of rotatable bonds is 6. The lowest BCUT2D eigenvalue weighted by Gasteiger charge is -2.16. The first-order valence-electron chi connectivity index (χ1n) is 4.97. The Balaban J connectivity index is 3.34. The molecule has 68 valence electrons. The van der Waals surface area contributed by atoms with Gasteiger partial charge in [-0.05, 0) is 25.8 Å². The van der Waals surface area contributed by atoms with Gasteiger partial charge in [0.1, 0.15) is 0 Å². The zero-order chi connectivity index (χ0) is 8.69. The molecular weight excluding hydrogens is 134 g/mol. The average Bonchev–Trinajstić information content (AvgIpc) is 2.06. The highest BCUT2D eigenvalue weighted by Gasteiger charge is 2.04. The van der Waals surface area contributed by atoms with Crippen LogP contribution in [-0.2, 0) is 0 Å². The Morgan fingerprint density at radius 1 is 1.00 bits per heavy atom. The zero-order valence-corrected chi connectivity index (χ0v) is 8.48. The molecular formula is C10H23N. The van der Waals surface area contributed by atoms with Crippen molar-refractivity contribution in [3.05, 3.63) is 0 Å². The SMILES string of the molecule is CCC(CC)CNC(C)CC. The Labute approximate surface area is 71.6 Å². The van der Waals surface area contributed by atoms with Gasteiger partial charge in [0.15, 0.2) is 0 Å². The molecule has 11 heavy (non-hydrogen) atoms. The molecule has 0 aromatic heterocycles. The Morgan fingerprint density at radius 3 is 1.91 bits per heavy atom. The third kappa shape index (κ3) is 5.25. The van der Waals surface area contributed by atoms with E-state index in [2.05, 4.69) is 33.0 Å². The van der Waals surface area contributed by atoms with Gasteiger partial charge in [-0.1, -0.05) is 33.6 Å². The highest BCUT2D eigenvalue weighted by atomic mass is 14.9. The van der Waals surface area contributed by atoms with Crippen LogP contribution in [0.25, 0.3) is 0 Å². The molecule has 0 aliphatic carbocycles. The van der Waals surface area contributed by atoms with Gasteiger partial charge in [0.05, 0.1) is 0 Å². The van der Waals surface area contributed by atoms with Gasteiger partial charge in [0.2, 0.25) is 0 Å². The second-order valence-electron chi connectivity index (χ2n) is 3.40. The summed E-state index contributed by atoms with van der Waals surface area (Å²) in [5, 5.41) is 3.53. The van der Waals surface area contributed by atoms with Crippen molar-refractivity contribution >= 4 is 0 Å². The molecule has 0 amide bonds. The topological polar surface area (TPSA) is 12.0 Å². The van der Waals surface area contributed by atoms with Gasteiger partial charge in [0, 0.05) is 6.04 Å². The molecule has 1 heteroatoms. The summed E-state index contributed by atoms with van der Waals surface area (Å²) in [5.41, 5.74) is 0. The van der Waals surface area contributed by atoms with Crippen molar-refractivity contribution < 1.29 is 0 Å². The zero-order valence-electron chi connectivity index (χ0n) is 8.48. The molecule has 0 heterocycles. The molecule has 0 fully saturated rings. The minimum absolute atomic E-state index is 0.690. The summed E-state index contributed by atoms with van der Waals surface area (Å²) in [6, 6.07) is 0.690. The quantitative estimate of drug-likeness (QED) is 0.625. The lowest BCUT2D eigenvalue weighted by atomic mass is 10.0. The van der Waals surface area contributed by atoms with E-state index in [0.29, 0.717) is 6.04 Å². The van der Waals surface area contributed by atoms with E-state index >= 15 is 0 Å². The van der Waals surface area contributed by atoms with E-state index in [0.717, 1.165) is 5.92 Å². The highest BCUT2D eigenvalue weighted by Crippen LogP contribution is 2.05. The normalized spacial score (nSPS) is 13.9. The van der Waals surface area contributed by atoms with Crippen LogP contribution in [-0.4, -0.2) is 12.6 Å². The lowest BCUT2D eigenvalue weighted by Crippen LogP contribution is -2.30. The predicted molar refractivity (Wildman–Crippen MR) is 51.8 cm³/mol. The maximum Gasteiger partial charge on any atom is 0.00362 e. The van der Waals surface area contributed by atoms with Gasteiger partial charge in [-0.3, -0.25) is 0 Å². The fourth-order valence-electron chi connectivity index (χ4n) is 1.09. The molecule has 0 saturated heterocycles. The van der Waals surface area contributed by atoms with Crippen LogP contribution in [0.3, 0.4) is 0 Å². The molecule has 0 aliphatic heterocycles. The van der Waals surface area contributed by atoms with Crippen LogP contribution >= 0.6 is 0 Å². The molecule has 0 saturated carbocycles. The van der Waals surface area contributed by atoms with Crippen LogP contribution in [0.15, 0.2) is 0 Å². The van der Waals surface area contributed by atoms with E-state index in [1.807, 2.05) is 0 Å². The summed E-state index contributed by atoms with van der Waals surface area (Å²) >= 11 is 0. The van der Waals surface area contributed by atoms with Gasteiger partial charge >= 0.3 is 0 Å². The van der Waals surface area contributed by atoms with Crippen LogP contribution in [0, 0.1) is 5.92 Å². The van der Waals surface area contributed by atoms with Crippen LogP contribution in [0.5, 0.6) is 0 Å². The van der Waals surface area contributed by atoms with Crippen molar-refractivity contribution in [3.8, 4) is 0 Å². The van der Waals surface area contributed by atoms with Crippen LogP contribution in [0.2, 0.25) is 0 Å². The van der Waals surface area contributed by atoms with Gasteiger partial charge in [-0.25, -0.2) is 0 Å². The molecule has 0 radical (unpaired) electrons. The van der Waals surface area contributed by atoms with Crippen LogP contribution < -0.4 is 5.32 Å². The van der Waals surface area contributed by atoms with Gasteiger partial charge in [0.25, 0.3) is 0 Å². The van der Waals surface area contributed by atoms with Crippen molar-refractivity contribution in [3.63, 3.8) is 0 Å². The van der Waals surface area contributed by atoms with Crippen molar-refractivity contribution in [2.75, 3.05) is 6.54 Å². The number of nitrogens with one attached hydrogen (secondary N) is 1. The predicted octanol–water partition coefficient (Wildman–Crippen LogP) is 2.81. The first-order valence-corrected chi connectivity index (χ1v) is 4.97. The Morgan fingerprint density at radius 2 is 1.55 bits per heavy atom. The maximum atomic E-state index is 3.53. The molecule has 0 aromatic rings. The summed E-state index contributed by atoms with van der Waals surface area (Å²) in [6.45, 7) is 10.2. The van der Waals surface area contributed by atoms with E-state index < -0.39 is 0 Å². The van der Waals surface area contributed by atoms with Crippen molar-refractivity contribution in [2.45, 2.75) is 53.0 Å². The molecule has 1 nitrogen and oxygen atoms in total. The van der Waals surface area contributed by atoms with Crippen molar-refractivity contribution in [1.29, 1.82) is 0 Å². The van der Waals surface area contributed by atoms with Crippen molar-refractivity contribution in [2.24, 2.45) is 5.92 Å². The van der Waals surface area contributed by atoms with E-state index in [4.69, 9.17) is 0 Å². The van der Waals surface area contributed by atoms with E-state index in [1.165, 1.54) is 25.8 Å². The lowest BCUT2D eigenvalue weighted by molar-refractivity contribution is 0.413. The first-order chi connectivity index (χ1) is 5.24. The molecule has 0 aliphatic rings. The van der Waals surface area contributed by atoms with Gasteiger partial charge < -0.3 is 5.32 Å². The second-order valence-corrected chi connectivity index (χ2v) is 3.40. The van der Waals surface area contributed by atoms with E-state index in [9.17, 15) is 0 Å². The summed E-state index contributed by atoms with van der Waals surface area (Å²) in [5.74, 6) is 0.879. The van der Waals surface area contributed by atoms with Crippen molar-refractivity contribution in [1.82, 2.24) is 5.32 Å². The fraction of sp³-hybridized carbons (Fsp3) is 1.00. The van der Waals surface area contributed by atoms with E-state index in [-0.39, 0.29) is 0 Å². The molecule has 0 spiro atoms. The summed E-state index contributed by atoms with van der Waals surface area (Å²) in [7, 11) is 0.